The summed E-state index contributed by atoms with van der Waals surface area (Å²) in [5.74, 6) is 0. The minimum absolute atomic E-state index is 0.654. The van der Waals surface area contributed by atoms with Crippen LogP contribution in [0, 0.1) is 6.92 Å². The summed E-state index contributed by atoms with van der Waals surface area (Å²) in [5, 5.41) is 3.51. The van der Waals surface area contributed by atoms with Crippen molar-refractivity contribution >= 4 is 0 Å². The molecule has 1 unspecified atom stereocenters. The van der Waals surface area contributed by atoms with Crippen molar-refractivity contribution in [2.75, 3.05) is 19.6 Å². The normalized spacial score (nSPS) is 23.0. The van der Waals surface area contributed by atoms with Crippen LogP contribution >= 0.6 is 0 Å². The Bertz CT molecular complexity index is 320. The average molecular weight is 219 g/mol. The van der Waals surface area contributed by atoms with Gasteiger partial charge in [0.2, 0.25) is 0 Å². The molecule has 3 heteroatoms. The number of pyridine rings is 1. The SMILES string of the molecule is Cc1ccc(CN2CCNC(C)CC2)cn1. The lowest BCUT2D eigenvalue weighted by Crippen LogP contribution is -2.28. The number of hydrogen-bond acceptors (Lipinski definition) is 3. The van der Waals surface area contributed by atoms with Crippen LogP contribution in [0.1, 0.15) is 24.6 Å². The van der Waals surface area contributed by atoms with Gasteiger partial charge in [-0.1, -0.05) is 6.07 Å². The quantitative estimate of drug-likeness (QED) is 0.818. The van der Waals surface area contributed by atoms with Gasteiger partial charge in [-0.3, -0.25) is 9.88 Å². The maximum atomic E-state index is 4.34. The Morgan fingerprint density at radius 2 is 2.31 bits per heavy atom. The minimum Gasteiger partial charge on any atom is -0.313 e. The van der Waals surface area contributed by atoms with Crippen LogP contribution < -0.4 is 5.32 Å². The third-order valence-corrected chi connectivity index (χ3v) is 3.18. The Balaban J connectivity index is 1.91. The number of aryl methyl sites for hydroxylation is 1. The van der Waals surface area contributed by atoms with E-state index in [1.807, 2.05) is 13.1 Å². The monoisotopic (exact) mass is 219 g/mol. The van der Waals surface area contributed by atoms with Crippen LogP contribution in [0.25, 0.3) is 0 Å². The van der Waals surface area contributed by atoms with Crippen molar-refractivity contribution in [1.29, 1.82) is 0 Å². The molecule has 1 atom stereocenters. The second kappa shape index (κ2) is 5.41. The van der Waals surface area contributed by atoms with Gasteiger partial charge in [0, 0.05) is 44.1 Å². The van der Waals surface area contributed by atoms with Gasteiger partial charge in [-0.05, 0) is 31.9 Å². The van der Waals surface area contributed by atoms with Gasteiger partial charge in [0.05, 0.1) is 0 Å². The van der Waals surface area contributed by atoms with E-state index in [2.05, 4.69) is 34.3 Å². The van der Waals surface area contributed by atoms with Gasteiger partial charge >= 0.3 is 0 Å². The molecule has 88 valence electrons. The van der Waals surface area contributed by atoms with Crippen LogP contribution in [0.4, 0.5) is 0 Å². The van der Waals surface area contributed by atoms with E-state index >= 15 is 0 Å². The van der Waals surface area contributed by atoms with E-state index < -0.39 is 0 Å². The molecule has 0 aromatic carbocycles. The smallest absolute Gasteiger partial charge is 0.0372 e. The van der Waals surface area contributed by atoms with Gasteiger partial charge in [-0.25, -0.2) is 0 Å². The highest BCUT2D eigenvalue weighted by atomic mass is 15.2. The summed E-state index contributed by atoms with van der Waals surface area (Å²) in [7, 11) is 0. The summed E-state index contributed by atoms with van der Waals surface area (Å²) in [4.78, 5) is 6.84. The molecular weight excluding hydrogens is 198 g/mol. The molecule has 0 spiro atoms. The molecule has 1 aromatic heterocycles. The van der Waals surface area contributed by atoms with E-state index in [0.29, 0.717) is 6.04 Å². The summed E-state index contributed by atoms with van der Waals surface area (Å²) in [6.07, 6.45) is 3.23. The van der Waals surface area contributed by atoms with Gasteiger partial charge in [0.1, 0.15) is 0 Å². The molecule has 1 aliphatic rings. The highest BCUT2D eigenvalue weighted by Crippen LogP contribution is 2.07. The van der Waals surface area contributed by atoms with Gasteiger partial charge in [-0.2, -0.15) is 0 Å². The lowest BCUT2D eigenvalue weighted by Gasteiger charge is -2.19. The molecule has 0 saturated carbocycles. The third kappa shape index (κ3) is 3.29. The van der Waals surface area contributed by atoms with Crippen molar-refractivity contribution < 1.29 is 0 Å². The maximum absolute atomic E-state index is 4.34. The predicted molar refractivity (Wildman–Crippen MR) is 66.3 cm³/mol. The number of nitrogens with one attached hydrogen (secondary N) is 1. The first-order chi connectivity index (χ1) is 7.74. The summed E-state index contributed by atoms with van der Waals surface area (Å²) in [5.41, 5.74) is 2.41. The second-order valence-corrected chi connectivity index (χ2v) is 4.73. The highest BCUT2D eigenvalue weighted by Gasteiger charge is 2.12. The first kappa shape index (κ1) is 11.6. The molecule has 1 aliphatic heterocycles. The zero-order chi connectivity index (χ0) is 11.4. The van der Waals surface area contributed by atoms with Gasteiger partial charge < -0.3 is 5.32 Å². The van der Waals surface area contributed by atoms with Crippen molar-refractivity contribution in [3.8, 4) is 0 Å². The summed E-state index contributed by atoms with van der Waals surface area (Å²) in [6.45, 7) is 8.74. The van der Waals surface area contributed by atoms with E-state index in [1.165, 1.54) is 18.5 Å². The van der Waals surface area contributed by atoms with Crippen LogP contribution in [0.5, 0.6) is 0 Å². The van der Waals surface area contributed by atoms with Crippen molar-refractivity contribution in [3.05, 3.63) is 29.6 Å². The molecule has 1 N–H and O–H groups in total. The molecule has 1 fully saturated rings. The molecule has 1 saturated heterocycles. The van der Waals surface area contributed by atoms with Crippen molar-refractivity contribution in [2.45, 2.75) is 32.9 Å². The summed E-state index contributed by atoms with van der Waals surface area (Å²) < 4.78 is 0. The molecule has 2 heterocycles. The first-order valence-corrected chi connectivity index (χ1v) is 6.11. The Morgan fingerprint density at radius 1 is 1.44 bits per heavy atom. The van der Waals surface area contributed by atoms with Crippen LogP contribution in [0.2, 0.25) is 0 Å². The van der Waals surface area contributed by atoms with E-state index in [0.717, 1.165) is 25.3 Å². The highest BCUT2D eigenvalue weighted by molar-refractivity contribution is 5.13. The summed E-state index contributed by atoms with van der Waals surface area (Å²) in [6, 6.07) is 4.93. The van der Waals surface area contributed by atoms with Crippen LogP contribution in [0.3, 0.4) is 0 Å². The van der Waals surface area contributed by atoms with Crippen molar-refractivity contribution in [3.63, 3.8) is 0 Å². The zero-order valence-electron chi connectivity index (χ0n) is 10.2. The largest absolute Gasteiger partial charge is 0.313 e. The molecule has 0 bridgehead atoms. The Hall–Kier alpha value is -0.930. The fourth-order valence-electron chi connectivity index (χ4n) is 2.07. The number of nitrogens with zero attached hydrogens (tertiary/aromatic N) is 2. The number of aromatic nitrogens is 1. The molecule has 3 nitrogen and oxygen atoms in total. The number of rotatable bonds is 2. The predicted octanol–water partition coefficient (Wildman–Crippen LogP) is 1.57. The lowest BCUT2D eigenvalue weighted by molar-refractivity contribution is 0.282. The van der Waals surface area contributed by atoms with E-state index in [9.17, 15) is 0 Å². The molecule has 2 rings (SSSR count). The van der Waals surface area contributed by atoms with E-state index in [1.54, 1.807) is 0 Å². The molecule has 1 aromatic rings. The van der Waals surface area contributed by atoms with E-state index in [-0.39, 0.29) is 0 Å². The van der Waals surface area contributed by atoms with Crippen LogP contribution in [0.15, 0.2) is 18.3 Å². The van der Waals surface area contributed by atoms with E-state index in [4.69, 9.17) is 0 Å². The third-order valence-electron chi connectivity index (χ3n) is 3.18. The Morgan fingerprint density at radius 3 is 3.06 bits per heavy atom. The van der Waals surface area contributed by atoms with Gasteiger partial charge in [0.15, 0.2) is 0 Å². The summed E-state index contributed by atoms with van der Waals surface area (Å²) >= 11 is 0. The van der Waals surface area contributed by atoms with Crippen molar-refractivity contribution in [2.24, 2.45) is 0 Å². The zero-order valence-corrected chi connectivity index (χ0v) is 10.2. The Kier molecular flexibility index (Phi) is 3.91. The fourth-order valence-corrected chi connectivity index (χ4v) is 2.07. The van der Waals surface area contributed by atoms with Crippen LogP contribution in [-0.2, 0) is 6.54 Å². The fraction of sp³-hybridized carbons (Fsp3) is 0.615. The second-order valence-electron chi connectivity index (χ2n) is 4.73. The Labute approximate surface area is 97.9 Å². The maximum Gasteiger partial charge on any atom is 0.0372 e. The molecular formula is C13H21N3. The minimum atomic E-state index is 0.654. The van der Waals surface area contributed by atoms with Gasteiger partial charge in [0.25, 0.3) is 0 Å². The average Bonchev–Trinajstić information content (AvgIpc) is 2.47. The van der Waals surface area contributed by atoms with Crippen molar-refractivity contribution in [1.82, 2.24) is 15.2 Å². The molecule has 16 heavy (non-hydrogen) atoms. The van der Waals surface area contributed by atoms with Crippen LogP contribution in [-0.4, -0.2) is 35.6 Å². The molecule has 0 radical (unpaired) electrons. The lowest BCUT2D eigenvalue weighted by atomic mass is 10.2. The first-order valence-electron chi connectivity index (χ1n) is 6.11. The molecule has 0 amide bonds. The van der Waals surface area contributed by atoms with Gasteiger partial charge in [-0.15, -0.1) is 0 Å². The number of hydrogen-bond donors (Lipinski definition) is 1. The molecule has 0 aliphatic carbocycles. The topological polar surface area (TPSA) is 28.2 Å². The standard InChI is InChI=1S/C13H21N3/c1-11-3-4-13(9-15-11)10-16-7-5-12(2)14-6-8-16/h3-4,9,12,14H,5-8,10H2,1-2H3.